The molecule has 0 radical (unpaired) electrons. The minimum Gasteiger partial charge on any atom is -0.508 e. The van der Waals surface area contributed by atoms with Gasteiger partial charge in [-0.3, -0.25) is 0 Å². The van der Waals surface area contributed by atoms with Gasteiger partial charge < -0.3 is 5.11 Å². The van der Waals surface area contributed by atoms with Crippen LogP contribution in [0.3, 0.4) is 0 Å². The summed E-state index contributed by atoms with van der Waals surface area (Å²) in [5, 5.41) is 9.80. The predicted octanol–water partition coefficient (Wildman–Crippen LogP) is 5.51. The van der Waals surface area contributed by atoms with E-state index in [1.807, 2.05) is 12.1 Å². The summed E-state index contributed by atoms with van der Waals surface area (Å²) in [4.78, 5) is 0. The van der Waals surface area contributed by atoms with Gasteiger partial charge in [0.25, 0.3) is 0 Å². The van der Waals surface area contributed by atoms with Gasteiger partial charge in [-0.1, -0.05) is 38.0 Å². The predicted molar refractivity (Wildman–Crippen MR) is 88.7 cm³/mol. The third kappa shape index (κ3) is 2.52. The number of hydrogen-bond donors (Lipinski definition) is 1. The molecule has 1 saturated carbocycles. The molecule has 0 saturated heterocycles. The molecule has 0 unspecified atom stereocenters. The molecular weight excluding hydrogens is 256 g/mol. The summed E-state index contributed by atoms with van der Waals surface area (Å²) < 4.78 is 0. The molecule has 0 aromatic heterocycles. The monoisotopic (exact) mass is 284 g/mol. The number of phenols is 1. The highest BCUT2D eigenvalue weighted by Gasteiger charge is 2.45. The standard InChI is InChI=1S/C20H28O/c1-3-5-15-10-12-20(11-4-2)17(13-15)7-6-16-14-18(21)8-9-19(16)20/h5,8-9,14,17,21H,3-4,6-7,10-13H2,1-2H3/t17-,20+/m0/s1. The van der Waals surface area contributed by atoms with E-state index in [1.54, 1.807) is 11.1 Å². The molecule has 1 N–H and O–H groups in total. The van der Waals surface area contributed by atoms with Gasteiger partial charge in [0.1, 0.15) is 5.75 Å². The van der Waals surface area contributed by atoms with E-state index in [0.717, 1.165) is 12.3 Å². The summed E-state index contributed by atoms with van der Waals surface area (Å²) in [7, 11) is 0. The first kappa shape index (κ1) is 14.7. The maximum atomic E-state index is 9.80. The van der Waals surface area contributed by atoms with E-state index in [9.17, 15) is 5.11 Å². The number of allylic oxidation sites excluding steroid dienone is 2. The average molecular weight is 284 g/mol. The Labute approximate surface area is 129 Å². The first-order valence-corrected chi connectivity index (χ1v) is 8.70. The summed E-state index contributed by atoms with van der Waals surface area (Å²) in [6, 6.07) is 6.14. The molecule has 2 aliphatic rings. The second kappa shape index (κ2) is 5.87. The van der Waals surface area contributed by atoms with Crippen molar-refractivity contribution in [3.63, 3.8) is 0 Å². The third-order valence-electron chi connectivity index (χ3n) is 5.76. The van der Waals surface area contributed by atoms with Gasteiger partial charge in [-0.25, -0.2) is 0 Å². The number of phenolic OH excluding ortho intramolecular Hbond substituents is 1. The third-order valence-corrected chi connectivity index (χ3v) is 5.76. The summed E-state index contributed by atoms with van der Waals surface area (Å²) in [5.74, 6) is 1.24. The van der Waals surface area contributed by atoms with Crippen LogP contribution in [0.5, 0.6) is 5.75 Å². The summed E-state index contributed by atoms with van der Waals surface area (Å²) >= 11 is 0. The Kier molecular flexibility index (Phi) is 4.10. The first-order valence-electron chi connectivity index (χ1n) is 8.70. The zero-order valence-electron chi connectivity index (χ0n) is 13.5. The number of aryl methyl sites for hydroxylation is 1. The van der Waals surface area contributed by atoms with Crippen LogP contribution in [0.25, 0.3) is 0 Å². The molecule has 3 rings (SSSR count). The van der Waals surface area contributed by atoms with Crippen molar-refractivity contribution in [2.75, 3.05) is 0 Å². The van der Waals surface area contributed by atoms with Crippen molar-refractivity contribution < 1.29 is 5.11 Å². The lowest BCUT2D eigenvalue weighted by Crippen LogP contribution is -2.42. The van der Waals surface area contributed by atoms with Gasteiger partial charge in [0.05, 0.1) is 0 Å². The fraction of sp³-hybridized carbons (Fsp3) is 0.600. The second-order valence-corrected chi connectivity index (χ2v) is 6.96. The zero-order valence-corrected chi connectivity index (χ0v) is 13.5. The van der Waals surface area contributed by atoms with Crippen molar-refractivity contribution in [1.82, 2.24) is 0 Å². The number of rotatable bonds is 3. The van der Waals surface area contributed by atoms with E-state index < -0.39 is 0 Å². The fourth-order valence-electron chi connectivity index (χ4n) is 4.92. The van der Waals surface area contributed by atoms with Crippen LogP contribution < -0.4 is 0 Å². The topological polar surface area (TPSA) is 20.2 Å². The highest BCUT2D eigenvalue weighted by atomic mass is 16.3. The smallest absolute Gasteiger partial charge is 0.115 e. The zero-order chi connectivity index (χ0) is 14.9. The highest BCUT2D eigenvalue weighted by Crippen LogP contribution is 2.54. The molecule has 1 nitrogen and oxygen atoms in total. The SMILES string of the molecule is CCC=C1CC[C@@]2(CCC)c3ccc(O)cc3CC[C@H]2C1. The summed E-state index contributed by atoms with van der Waals surface area (Å²) in [5.41, 5.74) is 5.02. The van der Waals surface area contributed by atoms with Crippen LogP contribution in [-0.4, -0.2) is 5.11 Å². The fourth-order valence-corrected chi connectivity index (χ4v) is 4.92. The number of aromatic hydroxyl groups is 1. The van der Waals surface area contributed by atoms with Crippen molar-refractivity contribution in [2.45, 2.75) is 70.6 Å². The molecule has 0 heterocycles. The Morgan fingerprint density at radius 3 is 2.90 bits per heavy atom. The Bertz CT molecular complexity index is 543. The summed E-state index contributed by atoms with van der Waals surface area (Å²) in [6.07, 6.45) is 12.5. The van der Waals surface area contributed by atoms with E-state index in [1.165, 1.54) is 50.5 Å². The van der Waals surface area contributed by atoms with Crippen LogP contribution >= 0.6 is 0 Å². The molecule has 2 aliphatic carbocycles. The number of fused-ring (bicyclic) bond motifs is 3. The normalized spacial score (nSPS) is 30.0. The first-order chi connectivity index (χ1) is 10.2. The van der Waals surface area contributed by atoms with Gasteiger partial charge in [-0.2, -0.15) is 0 Å². The van der Waals surface area contributed by atoms with Gasteiger partial charge in [0.2, 0.25) is 0 Å². The van der Waals surface area contributed by atoms with E-state index in [2.05, 4.69) is 26.0 Å². The molecule has 0 spiro atoms. The molecule has 0 amide bonds. The molecule has 1 fully saturated rings. The Balaban J connectivity index is 2.00. The largest absolute Gasteiger partial charge is 0.508 e. The maximum absolute atomic E-state index is 9.80. The molecule has 1 aromatic carbocycles. The molecule has 1 heteroatoms. The van der Waals surface area contributed by atoms with Crippen LogP contribution in [0, 0.1) is 5.92 Å². The van der Waals surface area contributed by atoms with E-state index in [0.29, 0.717) is 11.2 Å². The summed E-state index contributed by atoms with van der Waals surface area (Å²) in [6.45, 7) is 4.57. The lowest BCUT2D eigenvalue weighted by molar-refractivity contribution is 0.173. The second-order valence-electron chi connectivity index (χ2n) is 6.96. The van der Waals surface area contributed by atoms with Crippen molar-refractivity contribution in [3.05, 3.63) is 41.0 Å². The van der Waals surface area contributed by atoms with Gasteiger partial charge >= 0.3 is 0 Å². The Morgan fingerprint density at radius 1 is 1.29 bits per heavy atom. The minimum absolute atomic E-state index is 0.376. The molecule has 0 bridgehead atoms. The molecule has 1 aromatic rings. The number of hydrogen-bond acceptors (Lipinski definition) is 1. The van der Waals surface area contributed by atoms with Crippen molar-refractivity contribution in [3.8, 4) is 5.75 Å². The minimum atomic E-state index is 0.376. The average Bonchev–Trinajstić information content (AvgIpc) is 2.48. The van der Waals surface area contributed by atoms with Crippen LogP contribution in [0.15, 0.2) is 29.8 Å². The van der Waals surface area contributed by atoms with Crippen molar-refractivity contribution in [1.29, 1.82) is 0 Å². The van der Waals surface area contributed by atoms with Gasteiger partial charge in [-0.15, -0.1) is 0 Å². The van der Waals surface area contributed by atoms with Gasteiger partial charge in [0.15, 0.2) is 0 Å². The van der Waals surface area contributed by atoms with E-state index in [-0.39, 0.29) is 0 Å². The van der Waals surface area contributed by atoms with E-state index in [4.69, 9.17) is 0 Å². The van der Waals surface area contributed by atoms with E-state index >= 15 is 0 Å². The molecule has 21 heavy (non-hydrogen) atoms. The number of benzene rings is 1. The van der Waals surface area contributed by atoms with Crippen LogP contribution in [0.1, 0.15) is 69.9 Å². The molecular formula is C20H28O. The molecule has 114 valence electrons. The van der Waals surface area contributed by atoms with Gasteiger partial charge in [-0.05, 0) is 79.5 Å². The Hall–Kier alpha value is -1.24. The van der Waals surface area contributed by atoms with Crippen molar-refractivity contribution >= 4 is 0 Å². The molecule has 0 aliphatic heterocycles. The van der Waals surface area contributed by atoms with Crippen LogP contribution in [0.4, 0.5) is 0 Å². The van der Waals surface area contributed by atoms with Crippen molar-refractivity contribution in [2.24, 2.45) is 5.92 Å². The quantitative estimate of drug-likeness (QED) is 0.725. The lowest BCUT2D eigenvalue weighted by Gasteiger charge is -2.49. The Morgan fingerprint density at radius 2 is 2.14 bits per heavy atom. The molecule has 2 atom stereocenters. The maximum Gasteiger partial charge on any atom is 0.115 e. The highest BCUT2D eigenvalue weighted by molar-refractivity contribution is 5.43. The lowest BCUT2D eigenvalue weighted by atomic mass is 9.55. The van der Waals surface area contributed by atoms with Crippen LogP contribution in [0.2, 0.25) is 0 Å². The van der Waals surface area contributed by atoms with Crippen LogP contribution in [-0.2, 0) is 11.8 Å². The van der Waals surface area contributed by atoms with Gasteiger partial charge in [0, 0.05) is 0 Å².